The van der Waals surface area contributed by atoms with Crippen molar-refractivity contribution < 1.29 is 18.7 Å². The highest BCUT2D eigenvalue weighted by Gasteiger charge is 2.36. The predicted octanol–water partition coefficient (Wildman–Crippen LogP) is 5.68. The lowest BCUT2D eigenvalue weighted by molar-refractivity contribution is -0.131. The van der Waals surface area contributed by atoms with Crippen LogP contribution in [0.5, 0.6) is 0 Å². The van der Waals surface area contributed by atoms with Crippen LogP contribution < -0.4 is 0 Å². The van der Waals surface area contributed by atoms with Crippen LogP contribution in [0.15, 0.2) is 36.4 Å². The zero-order valence-corrected chi connectivity index (χ0v) is 20.1. The zero-order valence-electron chi connectivity index (χ0n) is 19.4. The van der Waals surface area contributed by atoms with Crippen LogP contribution >= 0.6 is 11.6 Å². The molecule has 2 aromatic rings. The first-order valence-electron chi connectivity index (χ1n) is 11.4. The van der Waals surface area contributed by atoms with Crippen molar-refractivity contribution in [2.24, 2.45) is 0 Å². The van der Waals surface area contributed by atoms with Crippen LogP contribution in [0.4, 0.5) is 9.18 Å². The summed E-state index contributed by atoms with van der Waals surface area (Å²) in [5, 5.41) is 0.604. The molecule has 2 heterocycles. The molecule has 4 rings (SSSR count). The second-order valence-electron chi connectivity index (χ2n) is 9.83. The Balaban J connectivity index is 1.53. The number of nitrogens with zero attached hydrogens (tertiary/aromatic N) is 2. The summed E-state index contributed by atoms with van der Waals surface area (Å²) in [6.45, 7) is 7.34. The molecule has 2 amide bonds. The van der Waals surface area contributed by atoms with Crippen molar-refractivity contribution in [3.63, 3.8) is 0 Å². The second-order valence-corrected chi connectivity index (χ2v) is 10.3. The van der Waals surface area contributed by atoms with Crippen LogP contribution in [0.1, 0.15) is 61.9 Å². The van der Waals surface area contributed by atoms with Gasteiger partial charge in [-0.2, -0.15) is 0 Å². The van der Waals surface area contributed by atoms with Gasteiger partial charge in [0, 0.05) is 24.7 Å². The van der Waals surface area contributed by atoms with Crippen molar-refractivity contribution in [2.75, 3.05) is 13.1 Å². The third-order valence-corrected chi connectivity index (χ3v) is 6.41. The maximum Gasteiger partial charge on any atom is 0.410 e. The van der Waals surface area contributed by atoms with Gasteiger partial charge in [-0.15, -0.1) is 0 Å². The minimum absolute atomic E-state index is 0.00466. The predicted molar refractivity (Wildman–Crippen MR) is 126 cm³/mol. The van der Waals surface area contributed by atoms with E-state index in [4.69, 9.17) is 16.3 Å². The molecule has 0 aliphatic carbocycles. The Morgan fingerprint density at radius 1 is 1.15 bits per heavy atom. The highest BCUT2D eigenvalue weighted by atomic mass is 35.5. The van der Waals surface area contributed by atoms with Gasteiger partial charge in [-0.1, -0.05) is 23.7 Å². The molecule has 2 aliphatic heterocycles. The number of likely N-dealkylation sites (tertiary alicyclic amines) is 1. The van der Waals surface area contributed by atoms with Crippen LogP contribution in [0.2, 0.25) is 5.02 Å². The molecule has 1 atom stereocenters. The molecule has 2 aliphatic rings. The van der Waals surface area contributed by atoms with E-state index in [0.29, 0.717) is 31.1 Å². The van der Waals surface area contributed by atoms with Gasteiger partial charge in [-0.25, -0.2) is 9.18 Å². The Morgan fingerprint density at radius 3 is 2.58 bits per heavy atom. The molecule has 0 spiro atoms. The topological polar surface area (TPSA) is 49.9 Å². The summed E-state index contributed by atoms with van der Waals surface area (Å²) < 4.78 is 18.8. The number of amides is 2. The maximum atomic E-state index is 13.2. The van der Waals surface area contributed by atoms with Gasteiger partial charge in [0.05, 0.1) is 12.5 Å². The summed E-state index contributed by atoms with van der Waals surface area (Å²) in [4.78, 5) is 29.4. The number of ether oxygens (including phenoxy) is 1. The van der Waals surface area contributed by atoms with Crippen molar-refractivity contribution >= 4 is 23.6 Å². The number of rotatable bonds is 3. The van der Waals surface area contributed by atoms with Gasteiger partial charge in [-0.3, -0.25) is 4.79 Å². The van der Waals surface area contributed by atoms with Crippen LogP contribution in [0, 0.1) is 5.82 Å². The quantitative estimate of drug-likeness (QED) is 0.577. The number of carbonyl (C=O) groups excluding carboxylic acids is 2. The Morgan fingerprint density at radius 2 is 1.88 bits per heavy atom. The van der Waals surface area contributed by atoms with E-state index in [1.807, 2.05) is 42.7 Å². The number of fused-ring (bicyclic) bond motifs is 1. The lowest BCUT2D eigenvalue weighted by atomic mass is 9.89. The summed E-state index contributed by atoms with van der Waals surface area (Å²) in [7, 11) is 0. The molecule has 7 heteroatoms. The Labute approximate surface area is 199 Å². The minimum atomic E-state index is -0.552. The van der Waals surface area contributed by atoms with Gasteiger partial charge in [0.15, 0.2) is 0 Å². The first-order chi connectivity index (χ1) is 15.6. The van der Waals surface area contributed by atoms with Crippen molar-refractivity contribution in [1.29, 1.82) is 0 Å². The number of hydrogen-bond donors (Lipinski definition) is 0. The summed E-state index contributed by atoms with van der Waals surface area (Å²) in [5.74, 6) is -0.308. The zero-order chi connectivity index (χ0) is 23.8. The first-order valence-corrected chi connectivity index (χ1v) is 11.8. The SMILES string of the molecule is CC(C)(C)OC(=O)N1CCCC1c1cc(Cl)cc2c1CCN(C(=O)Cc1ccc(F)cc1)C2. The standard InChI is InChI=1S/C26H30ClFN2O3/c1-26(2,3)33-25(32)30-11-4-5-23(30)22-15-19(27)14-18-16-29(12-10-21(18)22)24(31)13-17-6-8-20(28)9-7-17/h6-9,14-15,23H,4-5,10-13,16H2,1-3H3. The molecule has 33 heavy (non-hydrogen) atoms. The van der Waals surface area contributed by atoms with E-state index >= 15 is 0 Å². The fourth-order valence-electron chi connectivity index (χ4n) is 4.72. The van der Waals surface area contributed by atoms with Crippen molar-refractivity contribution in [3.8, 4) is 0 Å². The summed E-state index contributed by atoms with van der Waals surface area (Å²) in [5.41, 5.74) is 3.49. The van der Waals surface area contributed by atoms with Gasteiger partial charge in [0.1, 0.15) is 11.4 Å². The average molecular weight is 473 g/mol. The summed E-state index contributed by atoms with van der Waals surface area (Å²) >= 11 is 6.49. The first kappa shape index (κ1) is 23.6. The molecule has 0 N–H and O–H groups in total. The van der Waals surface area contributed by atoms with Crippen molar-refractivity contribution in [2.45, 2.75) is 64.6 Å². The summed E-state index contributed by atoms with van der Waals surface area (Å²) in [6, 6.07) is 9.84. The molecule has 0 bridgehead atoms. The van der Waals surface area contributed by atoms with E-state index < -0.39 is 5.60 Å². The molecule has 0 aromatic heterocycles. The third kappa shape index (κ3) is 5.49. The molecule has 1 saturated heterocycles. The van der Waals surface area contributed by atoms with Gasteiger partial charge in [-0.05, 0) is 86.6 Å². The summed E-state index contributed by atoms with van der Waals surface area (Å²) in [6.07, 6.45) is 2.41. The highest BCUT2D eigenvalue weighted by Crippen LogP contribution is 2.39. The Kier molecular flexibility index (Phi) is 6.66. The Bertz CT molecular complexity index is 1050. The molecule has 1 unspecified atom stereocenters. The average Bonchev–Trinajstić information content (AvgIpc) is 3.23. The van der Waals surface area contributed by atoms with E-state index in [0.717, 1.165) is 29.5 Å². The van der Waals surface area contributed by atoms with Gasteiger partial charge in [0.2, 0.25) is 5.91 Å². The van der Waals surface area contributed by atoms with Gasteiger partial charge in [0.25, 0.3) is 0 Å². The van der Waals surface area contributed by atoms with Crippen LogP contribution in [0.3, 0.4) is 0 Å². The normalized spacial score (nSPS) is 18.3. The largest absolute Gasteiger partial charge is 0.444 e. The maximum absolute atomic E-state index is 13.2. The van der Waals surface area contributed by atoms with E-state index in [-0.39, 0.29) is 30.3 Å². The molecule has 1 fully saturated rings. The fraction of sp³-hybridized carbons (Fsp3) is 0.462. The van der Waals surface area contributed by atoms with E-state index in [2.05, 4.69) is 0 Å². The number of halogens is 2. The van der Waals surface area contributed by atoms with E-state index in [1.165, 1.54) is 17.7 Å². The molecule has 5 nitrogen and oxygen atoms in total. The highest BCUT2D eigenvalue weighted by molar-refractivity contribution is 6.30. The Hall–Kier alpha value is -2.60. The van der Waals surface area contributed by atoms with Crippen molar-refractivity contribution in [3.05, 3.63) is 69.5 Å². The monoisotopic (exact) mass is 472 g/mol. The lowest BCUT2D eigenvalue weighted by Gasteiger charge is -2.34. The molecule has 0 saturated carbocycles. The number of carbonyl (C=O) groups is 2. The fourth-order valence-corrected chi connectivity index (χ4v) is 4.97. The lowest BCUT2D eigenvalue weighted by Crippen LogP contribution is -2.39. The number of benzene rings is 2. The minimum Gasteiger partial charge on any atom is -0.444 e. The van der Waals surface area contributed by atoms with E-state index in [9.17, 15) is 14.0 Å². The molecule has 2 aromatic carbocycles. The molecule has 176 valence electrons. The smallest absolute Gasteiger partial charge is 0.410 e. The van der Waals surface area contributed by atoms with E-state index in [1.54, 1.807) is 12.1 Å². The van der Waals surface area contributed by atoms with Crippen LogP contribution in [0.25, 0.3) is 0 Å². The van der Waals surface area contributed by atoms with Crippen LogP contribution in [-0.2, 0) is 28.9 Å². The third-order valence-electron chi connectivity index (χ3n) is 6.20. The van der Waals surface area contributed by atoms with Crippen molar-refractivity contribution in [1.82, 2.24) is 9.80 Å². The van der Waals surface area contributed by atoms with Gasteiger partial charge >= 0.3 is 6.09 Å². The number of hydrogen-bond acceptors (Lipinski definition) is 3. The van der Waals surface area contributed by atoms with Gasteiger partial charge < -0.3 is 14.5 Å². The molecule has 0 radical (unpaired) electrons. The second kappa shape index (κ2) is 9.34. The molecular formula is C26H30ClFN2O3. The van der Waals surface area contributed by atoms with Crippen LogP contribution in [-0.4, -0.2) is 40.5 Å². The molecular weight excluding hydrogens is 443 g/mol.